The molecule has 134 valence electrons. The molecule has 2 nitrogen and oxygen atoms in total. The normalized spacial score (nSPS) is 18.0. The summed E-state index contributed by atoms with van der Waals surface area (Å²) < 4.78 is 0. The third-order valence-corrected chi connectivity index (χ3v) is 5.39. The molecule has 0 N–H and O–H groups in total. The lowest BCUT2D eigenvalue weighted by Crippen LogP contribution is -2.36. The zero-order chi connectivity index (χ0) is 17.9. The fraction of sp³-hybridized carbons (Fsp3) is 0.636. The van der Waals surface area contributed by atoms with Crippen molar-refractivity contribution in [3.8, 4) is 0 Å². The lowest BCUT2D eigenvalue weighted by Gasteiger charge is -2.33. The number of nitrogens with zero attached hydrogens (tertiary/aromatic N) is 2. The third-order valence-electron chi connectivity index (χ3n) is 5.39. The van der Waals surface area contributed by atoms with E-state index in [1.165, 1.54) is 60.9 Å². The van der Waals surface area contributed by atoms with E-state index in [2.05, 4.69) is 70.5 Å². The monoisotopic (exact) mass is 328 g/mol. The standard InChI is InChI=1S/C22H36N2/c1-8-10-12-20-21(13-11-9-2)24(19(6)23(20)7)22-17(4)14-16(3)15-18(22)5/h14-15,19H,8-13H2,1-7H3. The SMILES string of the molecule is CCCCC1=C(CCCC)N(c2c(C)cc(C)cc2C)C(C)N1C. The molecule has 0 aliphatic carbocycles. The van der Waals surface area contributed by atoms with Crippen LogP contribution in [0.15, 0.2) is 23.5 Å². The molecular formula is C22H36N2. The Labute approximate surface area is 149 Å². The minimum Gasteiger partial charge on any atom is -0.356 e. The number of benzene rings is 1. The van der Waals surface area contributed by atoms with Crippen LogP contribution >= 0.6 is 0 Å². The van der Waals surface area contributed by atoms with Gasteiger partial charge in [0.05, 0.1) is 0 Å². The Bertz CT molecular complexity index is 577. The molecule has 0 saturated carbocycles. The van der Waals surface area contributed by atoms with Gasteiger partial charge < -0.3 is 9.80 Å². The average Bonchev–Trinajstić information content (AvgIpc) is 2.74. The first kappa shape index (κ1) is 18.9. The summed E-state index contributed by atoms with van der Waals surface area (Å²) in [6, 6.07) is 4.66. The highest BCUT2D eigenvalue weighted by Gasteiger charge is 2.34. The maximum absolute atomic E-state index is 2.63. The van der Waals surface area contributed by atoms with Gasteiger partial charge in [-0.2, -0.15) is 0 Å². The summed E-state index contributed by atoms with van der Waals surface area (Å²) in [5, 5.41) is 0. The van der Waals surface area contributed by atoms with Crippen LogP contribution in [0, 0.1) is 20.8 Å². The summed E-state index contributed by atoms with van der Waals surface area (Å²) in [4.78, 5) is 5.14. The van der Waals surface area contributed by atoms with Crippen LogP contribution in [-0.2, 0) is 0 Å². The van der Waals surface area contributed by atoms with E-state index < -0.39 is 0 Å². The van der Waals surface area contributed by atoms with Gasteiger partial charge in [0.2, 0.25) is 0 Å². The lowest BCUT2D eigenvalue weighted by atomic mass is 10.0. The van der Waals surface area contributed by atoms with E-state index in [0.29, 0.717) is 6.17 Å². The van der Waals surface area contributed by atoms with E-state index in [-0.39, 0.29) is 0 Å². The molecule has 1 aromatic rings. The van der Waals surface area contributed by atoms with Crippen molar-refractivity contribution < 1.29 is 0 Å². The van der Waals surface area contributed by atoms with Crippen molar-refractivity contribution in [3.63, 3.8) is 0 Å². The van der Waals surface area contributed by atoms with Crippen molar-refractivity contribution in [2.24, 2.45) is 0 Å². The largest absolute Gasteiger partial charge is 0.356 e. The second-order valence-electron chi connectivity index (χ2n) is 7.46. The Balaban J connectivity index is 2.51. The number of hydrogen-bond donors (Lipinski definition) is 0. The van der Waals surface area contributed by atoms with Crippen LogP contribution < -0.4 is 4.90 Å². The summed E-state index contributed by atoms with van der Waals surface area (Å²) in [5.74, 6) is 0. The Kier molecular flexibility index (Phi) is 6.37. The first-order chi connectivity index (χ1) is 11.4. The topological polar surface area (TPSA) is 6.48 Å². The minimum atomic E-state index is 0.406. The number of allylic oxidation sites excluding steroid dienone is 2. The van der Waals surface area contributed by atoms with Crippen LogP contribution in [0.3, 0.4) is 0 Å². The average molecular weight is 329 g/mol. The van der Waals surface area contributed by atoms with Crippen molar-refractivity contribution in [1.29, 1.82) is 0 Å². The Hall–Kier alpha value is -1.44. The van der Waals surface area contributed by atoms with Gasteiger partial charge in [0.1, 0.15) is 6.17 Å². The molecule has 1 aromatic carbocycles. The first-order valence-corrected chi connectivity index (χ1v) is 9.74. The van der Waals surface area contributed by atoms with Crippen LogP contribution in [-0.4, -0.2) is 18.1 Å². The predicted octanol–water partition coefficient (Wildman–Crippen LogP) is 6.30. The van der Waals surface area contributed by atoms with Gasteiger partial charge in [-0.05, 0) is 64.5 Å². The summed E-state index contributed by atoms with van der Waals surface area (Å²) in [7, 11) is 2.28. The zero-order valence-electron chi connectivity index (χ0n) is 16.9. The molecule has 0 amide bonds. The van der Waals surface area contributed by atoms with Crippen LogP contribution in [0.5, 0.6) is 0 Å². The van der Waals surface area contributed by atoms with E-state index in [4.69, 9.17) is 0 Å². The fourth-order valence-corrected chi connectivity index (χ4v) is 4.11. The summed E-state index contributed by atoms with van der Waals surface area (Å²) >= 11 is 0. The quantitative estimate of drug-likeness (QED) is 0.579. The van der Waals surface area contributed by atoms with Crippen LogP contribution in [0.25, 0.3) is 0 Å². The molecule has 0 bridgehead atoms. The summed E-state index contributed by atoms with van der Waals surface area (Å²) in [5.41, 5.74) is 8.72. The van der Waals surface area contributed by atoms with E-state index in [1.54, 1.807) is 11.4 Å². The molecule has 0 spiro atoms. The number of hydrogen-bond acceptors (Lipinski definition) is 2. The smallest absolute Gasteiger partial charge is 0.103 e. The maximum Gasteiger partial charge on any atom is 0.103 e. The van der Waals surface area contributed by atoms with Crippen LogP contribution in [0.2, 0.25) is 0 Å². The molecule has 0 fully saturated rings. The van der Waals surface area contributed by atoms with Crippen molar-refractivity contribution in [3.05, 3.63) is 40.2 Å². The van der Waals surface area contributed by atoms with Gasteiger partial charge in [-0.15, -0.1) is 0 Å². The van der Waals surface area contributed by atoms with E-state index in [0.717, 1.165) is 0 Å². The summed E-state index contributed by atoms with van der Waals surface area (Å²) in [6.45, 7) is 13.7. The Morgan fingerprint density at radius 1 is 0.875 bits per heavy atom. The highest BCUT2D eigenvalue weighted by Crippen LogP contribution is 2.40. The van der Waals surface area contributed by atoms with Gasteiger partial charge in [0, 0.05) is 24.1 Å². The Morgan fingerprint density at radius 2 is 1.38 bits per heavy atom. The van der Waals surface area contributed by atoms with Gasteiger partial charge in [0.15, 0.2) is 0 Å². The number of aryl methyl sites for hydroxylation is 3. The van der Waals surface area contributed by atoms with Crippen molar-refractivity contribution >= 4 is 5.69 Å². The first-order valence-electron chi connectivity index (χ1n) is 9.74. The van der Waals surface area contributed by atoms with E-state index in [9.17, 15) is 0 Å². The molecule has 1 atom stereocenters. The lowest BCUT2D eigenvalue weighted by molar-refractivity contribution is 0.343. The number of rotatable bonds is 7. The highest BCUT2D eigenvalue weighted by molar-refractivity contribution is 5.66. The van der Waals surface area contributed by atoms with Crippen molar-refractivity contribution in [2.45, 2.75) is 86.2 Å². The zero-order valence-corrected chi connectivity index (χ0v) is 16.9. The second kappa shape index (κ2) is 8.09. The number of unbranched alkanes of at least 4 members (excludes halogenated alkanes) is 2. The summed E-state index contributed by atoms with van der Waals surface area (Å²) in [6.07, 6.45) is 7.86. The highest BCUT2D eigenvalue weighted by atomic mass is 15.4. The van der Waals surface area contributed by atoms with E-state index in [1.807, 2.05) is 0 Å². The maximum atomic E-state index is 2.63. The number of anilines is 1. The molecule has 0 aromatic heterocycles. The molecule has 2 rings (SSSR count). The van der Waals surface area contributed by atoms with Crippen LogP contribution in [0.4, 0.5) is 5.69 Å². The molecule has 24 heavy (non-hydrogen) atoms. The molecule has 0 saturated heterocycles. The van der Waals surface area contributed by atoms with Gasteiger partial charge in [0.25, 0.3) is 0 Å². The molecule has 1 aliphatic heterocycles. The van der Waals surface area contributed by atoms with Gasteiger partial charge in [-0.3, -0.25) is 0 Å². The molecular weight excluding hydrogens is 292 g/mol. The van der Waals surface area contributed by atoms with Gasteiger partial charge in [-0.1, -0.05) is 44.4 Å². The molecule has 1 aliphatic rings. The van der Waals surface area contributed by atoms with Crippen LogP contribution in [0.1, 0.15) is 76.0 Å². The van der Waals surface area contributed by atoms with E-state index >= 15 is 0 Å². The van der Waals surface area contributed by atoms with Gasteiger partial charge >= 0.3 is 0 Å². The Morgan fingerprint density at radius 3 is 1.88 bits per heavy atom. The molecule has 0 radical (unpaired) electrons. The molecule has 1 unspecified atom stereocenters. The van der Waals surface area contributed by atoms with Crippen molar-refractivity contribution in [2.75, 3.05) is 11.9 Å². The molecule has 1 heterocycles. The van der Waals surface area contributed by atoms with Crippen molar-refractivity contribution in [1.82, 2.24) is 4.90 Å². The fourth-order valence-electron chi connectivity index (χ4n) is 4.11. The minimum absolute atomic E-state index is 0.406. The van der Waals surface area contributed by atoms with Gasteiger partial charge in [-0.25, -0.2) is 0 Å². The molecule has 2 heteroatoms. The predicted molar refractivity (Wildman–Crippen MR) is 106 cm³/mol. The second-order valence-corrected chi connectivity index (χ2v) is 7.46. The third kappa shape index (κ3) is 3.63.